The summed E-state index contributed by atoms with van der Waals surface area (Å²) in [6.07, 6.45) is 3.56. The molecule has 4 N–H and O–H groups in total. The fraction of sp³-hybridized carbons (Fsp3) is 0.167. The van der Waals surface area contributed by atoms with Crippen molar-refractivity contribution in [1.82, 2.24) is 15.1 Å². The summed E-state index contributed by atoms with van der Waals surface area (Å²) in [6, 6.07) is 6.70. The van der Waals surface area contributed by atoms with Gasteiger partial charge in [-0.05, 0) is 24.3 Å². The van der Waals surface area contributed by atoms with E-state index in [9.17, 15) is 4.79 Å². The molecule has 18 heavy (non-hydrogen) atoms. The molecule has 6 heteroatoms. The second kappa shape index (κ2) is 5.22. The Morgan fingerprint density at radius 3 is 2.72 bits per heavy atom. The summed E-state index contributed by atoms with van der Waals surface area (Å²) in [4.78, 5) is 11.6. The zero-order valence-electron chi connectivity index (χ0n) is 10.1. The second-order valence-corrected chi connectivity index (χ2v) is 3.95. The Morgan fingerprint density at radius 1 is 1.39 bits per heavy atom. The number of nitrogens with one attached hydrogen (secondary N) is 2. The number of nitrogens with two attached hydrogens (primary N) is 1. The van der Waals surface area contributed by atoms with Gasteiger partial charge < -0.3 is 16.4 Å². The highest BCUT2D eigenvalue weighted by Crippen LogP contribution is 2.10. The maximum absolute atomic E-state index is 11.6. The lowest BCUT2D eigenvalue weighted by Gasteiger charge is -2.06. The Morgan fingerprint density at radius 2 is 2.11 bits per heavy atom. The summed E-state index contributed by atoms with van der Waals surface area (Å²) in [5.41, 5.74) is 7.87. The standard InChI is InChI=1S/C12H15N5O/c1-17-8-9(7-15-17)6-14-12(18)16-11-4-2-10(13)3-5-11/h2-5,7-8H,6,13H2,1H3,(H2,14,16,18). The van der Waals surface area contributed by atoms with Crippen molar-refractivity contribution >= 4 is 17.4 Å². The van der Waals surface area contributed by atoms with Gasteiger partial charge in [0.1, 0.15) is 0 Å². The lowest BCUT2D eigenvalue weighted by molar-refractivity contribution is 0.251. The van der Waals surface area contributed by atoms with Crippen LogP contribution in [-0.4, -0.2) is 15.8 Å². The summed E-state index contributed by atoms with van der Waals surface area (Å²) in [6.45, 7) is 0.439. The van der Waals surface area contributed by atoms with E-state index in [1.54, 1.807) is 35.1 Å². The molecule has 1 aromatic carbocycles. The molecule has 0 atom stereocenters. The van der Waals surface area contributed by atoms with Gasteiger partial charge >= 0.3 is 6.03 Å². The molecule has 1 aromatic heterocycles. The fourth-order valence-electron chi connectivity index (χ4n) is 1.49. The summed E-state index contributed by atoms with van der Waals surface area (Å²) >= 11 is 0. The lowest BCUT2D eigenvalue weighted by Crippen LogP contribution is -2.28. The van der Waals surface area contributed by atoms with E-state index >= 15 is 0 Å². The molecule has 0 unspecified atom stereocenters. The second-order valence-electron chi connectivity index (χ2n) is 3.95. The van der Waals surface area contributed by atoms with E-state index in [-0.39, 0.29) is 6.03 Å². The van der Waals surface area contributed by atoms with Crippen LogP contribution < -0.4 is 16.4 Å². The number of amides is 2. The van der Waals surface area contributed by atoms with Gasteiger partial charge in [-0.2, -0.15) is 5.10 Å². The smallest absolute Gasteiger partial charge is 0.319 e. The number of hydrogen-bond acceptors (Lipinski definition) is 3. The van der Waals surface area contributed by atoms with Crippen molar-refractivity contribution in [3.8, 4) is 0 Å². The van der Waals surface area contributed by atoms with Gasteiger partial charge in [-0.15, -0.1) is 0 Å². The van der Waals surface area contributed by atoms with Crippen molar-refractivity contribution in [3.05, 3.63) is 42.2 Å². The van der Waals surface area contributed by atoms with Crippen molar-refractivity contribution in [3.63, 3.8) is 0 Å². The Bertz CT molecular complexity index is 532. The molecule has 0 saturated carbocycles. The van der Waals surface area contributed by atoms with Gasteiger partial charge in [0.15, 0.2) is 0 Å². The Labute approximate surface area is 105 Å². The topological polar surface area (TPSA) is 85.0 Å². The number of benzene rings is 1. The van der Waals surface area contributed by atoms with E-state index in [0.29, 0.717) is 17.9 Å². The Kier molecular flexibility index (Phi) is 3.47. The van der Waals surface area contributed by atoms with Crippen molar-refractivity contribution < 1.29 is 4.79 Å². The summed E-state index contributed by atoms with van der Waals surface area (Å²) in [7, 11) is 1.83. The summed E-state index contributed by atoms with van der Waals surface area (Å²) in [5, 5.41) is 9.47. The third-order valence-electron chi connectivity index (χ3n) is 2.38. The zero-order valence-corrected chi connectivity index (χ0v) is 10.1. The largest absolute Gasteiger partial charge is 0.399 e. The van der Waals surface area contributed by atoms with Crippen LogP contribution in [0.3, 0.4) is 0 Å². The average Bonchev–Trinajstić information content (AvgIpc) is 2.76. The maximum atomic E-state index is 11.6. The maximum Gasteiger partial charge on any atom is 0.319 e. The normalized spacial score (nSPS) is 10.1. The third kappa shape index (κ3) is 3.24. The van der Waals surface area contributed by atoms with Crippen LogP contribution in [0.5, 0.6) is 0 Å². The van der Waals surface area contributed by atoms with Crippen LogP contribution in [0.2, 0.25) is 0 Å². The zero-order chi connectivity index (χ0) is 13.0. The molecule has 94 valence electrons. The number of hydrogen-bond donors (Lipinski definition) is 3. The van der Waals surface area contributed by atoms with E-state index in [4.69, 9.17) is 5.73 Å². The highest BCUT2D eigenvalue weighted by Gasteiger charge is 2.02. The summed E-state index contributed by atoms with van der Waals surface area (Å²) in [5.74, 6) is 0. The van der Waals surface area contributed by atoms with Crippen LogP contribution in [-0.2, 0) is 13.6 Å². The number of anilines is 2. The molecule has 0 bridgehead atoms. The molecule has 0 aliphatic carbocycles. The van der Waals surface area contributed by atoms with Crippen LogP contribution in [0.1, 0.15) is 5.56 Å². The molecule has 2 aromatic rings. The first-order chi connectivity index (χ1) is 8.63. The van der Waals surface area contributed by atoms with Crippen LogP contribution in [0.25, 0.3) is 0 Å². The minimum absolute atomic E-state index is 0.261. The van der Waals surface area contributed by atoms with Gasteiger partial charge in [0.05, 0.1) is 6.20 Å². The molecule has 0 fully saturated rings. The first kappa shape index (κ1) is 12.0. The van der Waals surface area contributed by atoms with Gasteiger partial charge in [-0.1, -0.05) is 0 Å². The van der Waals surface area contributed by atoms with Crippen LogP contribution in [0, 0.1) is 0 Å². The van der Waals surface area contributed by atoms with Gasteiger partial charge in [0.25, 0.3) is 0 Å². The molecule has 2 amide bonds. The van der Waals surface area contributed by atoms with Crippen LogP contribution >= 0.6 is 0 Å². The predicted octanol–water partition coefficient (Wildman–Crippen LogP) is 1.32. The molecule has 0 spiro atoms. The number of urea groups is 1. The Hall–Kier alpha value is -2.50. The first-order valence-electron chi connectivity index (χ1n) is 5.51. The lowest BCUT2D eigenvalue weighted by atomic mass is 10.3. The minimum atomic E-state index is -0.261. The average molecular weight is 245 g/mol. The van der Waals surface area contributed by atoms with Crippen LogP contribution in [0.15, 0.2) is 36.7 Å². The highest BCUT2D eigenvalue weighted by atomic mass is 16.2. The third-order valence-corrected chi connectivity index (χ3v) is 2.38. The number of carbonyl (C=O) groups excluding carboxylic acids is 1. The number of aromatic nitrogens is 2. The van der Waals surface area contributed by atoms with Crippen molar-refractivity contribution in [1.29, 1.82) is 0 Å². The van der Waals surface area contributed by atoms with Gasteiger partial charge in [-0.3, -0.25) is 4.68 Å². The number of rotatable bonds is 3. The number of carbonyl (C=O) groups is 1. The van der Waals surface area contributed by atoms with Crippen molar-refractivity contribution in [2.75, 3.05) is 11.1 Å². The van der Waals surface area contributed by atoms with Gasteiger partial charge in [0.2, 0.25) is 0 Å². The van der Waals surface area contributed by atoms with Crippen molar-refractivity contribution in [2.45, 2.75) is 6.54 Å². The number of nitrogen functional groups attached to an aromatic ring is 1. The molecule has 1 heterocycles. The van der Waals surface area contributed by atoms with E-state index in [0.717, 1.165) is 5.56 Å². The van der Waals surface area contributed by atoms with E-state index in [1.165, 1.54) is 0 Å². The highest BCUT2D eigenvalue weighted by molar-refractivity contribution is 5.89. The minimum Gasteiger partial charge on any atom is -0.399 e. The van der Waals surface area contributed by atoms with Crippen molar-refractivity contribution in [2.24, 2.45) is 7.05 Å². The fourth-order valence-corrected chi connectivity index (χ4v) is 1.49. The van der Waals surface area contributed by atoms with E-state index < -0.39 is 0 Å². The van der Waals surface area contributed by atoms with Gasteiger partial charge in [-0.25, -0.2) is 4.79 Å². The number of aryl methyl sites for hydroxylation is 1. The molecule has 0 saturated heterocycles. The monoisotopic (exact) mass is 245 g/mol. The van der Waals surface area contributed by atoms with Crippen LogP contribution in [0.4, 0.5) is 16.2 Å². The molecule has 0 aliphatic heterocycles. The molecule has 0 radical (unpaired) electrons. The molecule has 0 aliphatic rings. The van der Waals surface area contributed by atoms with E-state index in [2.05, 4.69) is 15.7 Å². The summed E-state index contributed by atoms with van der Waals surface area (Å²) < 4.78 is 1.69. The molecule has 6 nitrogen and oxygen atoms in total. The molecular weight excluding hydrogens is 230 g/mol. The molecular formula is C12H15N5O. The predicted molar refractivity (Wildman–Crippen MR) is 69.9 cm³/mol. The van der Waals surface area contributed by atoms with E-state index in [1.807, 2.05) is 13.2 Å². The molecule has 2 rings (SSSR count). The SMILES string of the molecule is Cn1cc(CNC(=O)Nc2ccc(N)cc2)cn1. The first-order valence-corrected chi connectivity index (χ1v) is 5.51. The van der Waals surface area contributed by atoms with Gasteiger partial charge in [0, 0.05) is 36.7 Å². The quantitative estimate of drug-likeness (QED) is 0.713. The number of nitrogens with zero attached hydrogens (tertiary/aromatic N) is 2. The Balaban J connectivity index is 1.83.